The molecule has 0 radical (unpaired) electrons. The molecule has 0 unspecified atom stereocenters. The van der Waals surface area contributed by atoms with Crippen LogP contribution in [0.2, 0.25) is 0 Å². The van der Waals surface area contributed by atoms with Gasteiger partial charge >= 0.3 is 5.97 Å². The van der Waals surface area contributed by atoms with Gasteiger partial charge in [0, 0.05) is 25.6 Å². The van der Waals surface area contributed by atoms with Gasteiger partial charge in [-0.2, -0.15) is 0 Å². The minimum Gasteiger partial charge on any atom is -0.507 e. The fourth-order valence-electron chi connectivity index (χ4n) is 3.91. The Morgan fingerprint density at radius 2 is 1.83 bits per heavy atom. The minimum atomic E-state index is -2.30. The first-order valence-electron chi connectivity index (χ1n) is 12.0. The SMILES string of the molecule is O=C1OCC/C=C/CC/C=C/C(=N\OCC(=O)N2CCCCC2)Cc2cc(OCP(O)O)cc(O)c21. The van der Waals surface area contributed by atoms with Crippen molar-refractivity contribution in [3.05, 3.63) is 47.6 Å². The maximum Gasteiger partial charge on any atom is 0.342 e. The molecule has 0 spiro atoms. The third-order valence-electron chi connectivity index (χ3n) is 5.67. The molecule has 1 amide bonds. The first-order chi connectivity index (χ1) is 17.4. The summed E-state index contributed by atoms with van der Waals surface area (Å²) in [5, 5.41) is 14.8. The standard InChI is InChI=1S/C25H33N2O8P/c28-22-16-21(34-18-36(31)32)15-19-14-20(26-35-17-23(29)27-11-7-5-8-12-27)10-6-3-1-2-4-9-13-33-25(30)24(19)22/h2,4,6,10,15-16,28,31-32H,1,3,5,7-9,11-14,17-18H2/b4-2+,10-6+,26-20+. The molecule has 196 valence electrons. The van der Waals surface area contributed by atoms with Crippen molar-refractivity contribution in [1.82, 2.24) is 4.90 Å². The van der Waals surface area contributed by atoms with Gasteiger partial charge in [-0.1, -0.05) is 23.4 Å². The number of carbonyl (C=O) groups is 2. The second-order valence-corrected chi connectivity index (χ2v) is 9.48. The lowest BCUT2D eigenvalue weighted by molar-refractivity contribution is -0.137. The predicted octanol–water partition coefficient (Wildman–Crippen LogP) is 3.41. The molecule has 1 aromatic rings. The van der Waals surface area contributed by atoms with E-state index in [2.05, 4.69) is 5.16 Å². The van der Waals surface area contributed by atoms with E-state index in [1.165, 1.54) is 12.1 Å². The molecule has 10 nitrogen and oxygen atoms in total. The molecule has 11 heteroatoms. The number of fused-ring (bicyclic) bond motifs is 1. The number of allylic oxidation sites excluding steroid dienone is 3. The average Bonchev–Trinajstić information content (AvgIpc) is 2.86. The maximum atomic E-state index is 12.8. The Morgan fingerprint density at radius 3 is 2.61 bits per heavy atom. The summed E-state index contributed by atoms with van der Waals surface area (Å²) >= 11 is 0. The van der Waals surface area contributed by atoms with Crippen molar-refractivity contribution < 1.29 is 38.8 Å². The Balaban J connectivity index is 1.85. The van der Waals surface area contributed by atoms with Gasteiger partial charge in [-0.3, -0.25) is 4.79 Å². The van der Waals surface area contributed by atoms with Gasteiger partial charge in [0.05, 0.1) is 12.3 Å². The number of likely N-dealkylation sites (tertiary alicyclic amines) is 1. The fraction of sp³-hybridized carbons (Fsp3) is 0.480. The molecular weight excluding hydrogens is 487 g/mol. The van der Waals surface area contributed by atoms with Crippen LogP contribution < -0.4 is 4.74 Å². The highest BCUT2D eigenvalue weighted by Crippen LogP contribution is 2.32. The number of phenols is 1. The van der Waals surface area contributed by atoms with Crippen LogP contribution in [0.3, 0.4) is 0 Å². The second kappa shape index (κ2) is 14.6. The van der Waals surface area contributed by atoms with Crippen LogP contribution in [0.5, 0.6) is 11.5 Å². The summed E-state index contributed by atoms with van der Waals surface area (Å²) in [4.78, 5) is 50.7. The number of oxime groups is 1. The van der Waals surface area contributed by atoms with E-state index in [1.54, 1.807) is 11.0 Å². The number of phenolic OH excluding ortho intramolecular Hbond substituents is 1. The summed E-state index contributed by atoms with van der Waals surface area (Å²) < 4.78 is 10.7. The topological polar surface area (TPSA) is 138 Å². The number of rotatable bonds is 6. The quantitative estimate of drug-likeness (QED) is 0.225. The van der Waals surface area contributed by atoms with Crippen LogP contribution in [0.4, 0.5) is 0 Å². The molecule has 2 aliphatic heterocycles. The van der Waals surface area contributed by atoms with Crippen LogP contribution in [-0.2, 0) is 20.8 Å². The number of hydrogen-bond donors (Lipinski definition) is 3. The molecule has 3 N–H and O–H groups in total. The summed E-state index contributed by atoms with van der Waals surface area (Å²) in [5.41, 5.74) is 0.751. The molecule has 2 heterocycles. The molecule has 1 aromatic carbocycles. The van der Waals surface area contributed by atoms with E-state index in [-0.39, 0.29) is 49.0 Å². The summed E-state index contributed by atoms with van der Waals surface area (Å²) in [5.74, 6) is -1.03. The number of carbonyl (C=O) groups excluding carboxylic acids is 2. The number of nitrogens with zero attached hydrogens (tertiary/aromatic N) is 2. The van der Waals surface area contributed by atoms with Crippen molar-refractivity contribution in [3.63, 3.8) is 0 Å². The van der Waals surface area contributed by atoms with Crippen molar-refractivity contribution >= 4 is 26.0 Å². The number of cyclic esters (lactones) is 1. The van der Waals surface area contributed by atoms with Gasteiger partial charge in [0.15, 0.2) is 13.0 Å². The lowest BCUT2D eigenvalue weighted by atomic mass is 9.99. The molecule has 0 saturated carbocycles. The van der Waals surface area contributed by atoms with Crippen molar-refractivity contribution in [3.8, 4) is 11.5 Å². The van der Waals surface area contributed by atoms with Gasteiger partial charge < -0.3 is 34.1 Å². The molecule has 0 aliphatic carbocycles. The maximum absolute atomic E-state index is 12.8. The molecule has 3 rings (SSSR count). The Labute approximate surface area is 211 Å². The van der Waals surface area contributed by atoms with Gasteiger partial charge in [-0.25, -0.2) is 4.79 Å². The minimum absolute atomic E-state index is 0.0378. The number of amides is 1. The lowest BCUT2D eigenvalue weighted by Gasteiger charge is -2.26. The summed E-state index contributed by atoms with van der Waals surface area (Å²) in [6.07, 6.45) is 12.5. The number of esters is 1. The summed E-state index contributed by atoms with van der Waals surface area (Å²) in [7, 11) is -2.30. The van der Waals surface area contributed by atoms with Gasteiger partial charge in [-0.05, 0) is 56.2 Å². The van der Waals surface area contributed by atoms with E-state index in [0.717, 1.165) is 32.1 Å². The molecule has 1 fully saturated rings. The van der Waals surface area contributed by atoms with Crippen LogP contribution in [0.15, 0.2) is 41.6 Å². The molecule has 0 atom stereocenters. The third-order valence-corrected chi connectivity index (χ3v) is 6.03. The van der Waals surface area contributed by atoms with Crippen LogP contribution in [-0.4, -0.2) is 70.0 Å². The van der Waals surface area contributed by atoms with Crippen LogP contribution in [0.1, 0.15) is 54.4 Å². The van der Waals surface area contributed by atoms with E-state index in [0.29, 0.717) is 30.8 Å². The monoisotopic (exact) mass is 520 g/mol. The molecule has 1 saturated heterocycles. The number of piperidine rings is 1. The average molecular weight is 521 g/mol. The van der Waals surface area contributed by atoms with Gasteiger partial charge in [0.2, 0.25) is 8.38 Å². The summed E-state index contributed by atoms with van der Waals surface area (Å²) in [6, 6.07) is 2.74. The third kappa shape index (κ3) is 8.93. The van der Waals surface area contributed by atoms with E-state index >= 15 is 0 Å². The van der Waals surface area contributed by atoms with E-state index in [1.807, 2.05) is 18.2 Å². The second-order valence-electron chi connectivity index (χ2n) is 8.47. The zero-order chi connectivity index (χ0) is 25.8. The Kier molecular flexibility index (Phi) is 11.2. The molecule has 2 aliphatic rings. The Hall–Kier alpha value is -2.94. The highest BCUT2D eigenvalue weighted by Gasteiger charge is 2.22. The highest BCUT2D eigenvalue weighted by atomic mass is 31.2. The first kappa shape index (κ1) is 27.6. The molecule has 0 aromatic heterocycles. The fourth-order valence-corrected chi connectivity index (χ4v) is 4.17. The highest BCUT2D eigenvalue weighted by molar-refractivity contribution is 7.44. The Bertz CT molecular complexity index is 987. The van der Waals surface area contributed by atoms with E-state index < -0.39 is 14.3 Å². The van der Waals surface area contributed by atoms with Crippen molar-refractivity contribution in [2.24, 2.45) is 5.16 Å². The van der Waals surface area contributed by atoms with Crippen molar-refractivity contribution in [2.45, 2.75) is 44.9 Å². The molecular formula is C25H33N2O8P. The predicted molar refractivity (Wildman–Crippen MR) is 135 cm³/mol. The summed E-state index contributed by atoms with van der Waals surface area (Å²) in [6.45, 7) is 1.39. The number of ether oxygens (including phenoxy) is 2. The lowest BCUT2D eigenvalue weighted by Crippen LogP contribution is -2.37. The largest absolute Gasteiger partial charge is 0.507 e. The smallest absolute Gasteiger partial charge is 0.342 e. The van der Waals surface area contributed by atoms with Gasteiger partial charge in [0.1, 0.15) is 17.1 Å². The molecule has 0 bridgehead atoms. The zero-order valence-corrected chi connectivity index (χ0v) is 21.1. The number of aromatic hydroxyl groups is 1. The number of benzene rings is 1. The van der Waals surface area contributed by atoms with Crippen molar-refractivity contribution in [1.29, 1.82) is 0 Å². The van der Waals surface area contributed by atoms with Gasteiger partial charge in [0.25, 0.3) is 5.91 Å². The van der Waals surface area contributed by atoms with Crippen LogP contribution in [0.25, 0.3) is 0 Å². The molecule has 36 heavy (non-hydrogen) atoms. The first-order valence-corrected chi connectivity index (χ1v) is 13.5. The number of hydrogen-bond acceptors (Lipinski definition) is 9. The van der Waals surface area contributed by atoms with E-state index in [9.17, 15) is 24.5 Å². The zero-order valence-electron chi connectivity index (χ0n) is 20.2. The Morgan fingerprint density at radius 1 is 1.08 bits per heavy atom. The van der Waals surface area contributed by atoms with E-state index in [4.69, 9.17) is 14.3 Å². The van der Waals surface area contributed by atoms with Gasteiger partial charge in [-0.15, -0.1) is 0 Å². The van der Waals surface area contributed by atoms with Crippen molar-refractivity contribution in [2.75, 3.05) is 32.7 Å². The van der Waals surface area contributed by atoms with Crippen LogP contribution in [0, 0.1) is 0 Å². The normalized spacial score (nSPS) is 20.2. The van der Waals surface area contributed by atoms with Crippen LogP contribution >= 0.6 is 8.38 Å².